The van der Waals surface area contributed by atoms with Crippen molar-refractivity contribution in [1.29, 1.82) is 5.26 Å². The summed E-state index contributed by atoms with van der Waals surface area (Å²) >= 11 is 1.92. The number of rotatable bonds is 12. The predicted molar refractivity (Wildman–Crippen MR) is 226 cm³/mol. The van der Waals surface area contributed by atoms with Crippen molar-refractivity contribution in [2.75, 3.05) is 0 Å². The maximum absolute atomic E-state index is 13.6. The lowest BCUT2D eigenvalue weighted by molar-refractivity contribution is -0.117. The molecule has 2 aliphatic carbocycles. The minimum atomic E-state index is -3.69. The van der Waals surface area contributed by atoms with E-state index in [9.17, 15) is 33.5 Å². The summed E-state index contributed by atoms with van der Waals surface area (Å²) in [6.45, 7) is 12.4. The number of fused-ring (bicyclic) bond motifs is 2. The van der Waals surface area contributed by atoms with Crippen LogP contribution in [0.25, 0.3) is 0 Å². The number of aryl methyl sites for hydroxylation is 1. The molecule has 310 valence electrons. The molecule has 2 aromatic carbocycles. The van der Waals surface area contributed by atoms with Crippen LogP contribution < -0.4 is 10.3 Å². The van der Waals surface area contributed by atoms with Gasteiger partial charge in [0.1, 0.15) is 0 Å². The normalized spacial score (nSPS) is 17.9. The Morgan fingerprint density at radius 3 is 1.90 bits per heavy atom. The van der Waals surface area contributed by atoms with Gasteiger partial charge in [-0.25, -0.2) is 28.7 Å². The third-order valence-corrected chi connectivity index (χ3v) is 17.2. The van der Waals surface area contributed by atoms with E-state index in [1.165, 1.54) is 23.5 Å². The number of benzene rings is 2. The molecule has 0 aliphatic heterocycles. The first kappa shape index (κ1) is 43.8. The molecule has 17 heteroatoms. The molecule has 4 atom stereocenters. The number of nitrogens with zero attached hydrogens (tertiary/aromatic N) is 5. The third-order valence-electron chi connectivity index (χ3n) is 10.9. The average Bonchev–Trinajstić information content (AvgIpc) is 3.94. The van der Waals surface area contributed by atoms with E-state index in [1.54, 1.807) is 33.8 Å². The first-order valence-electron chi connectivity index (χ1n) is 19.2. The zero-order chi connectivity index (χ0) is 42.5. The van der Waals surface area contributed by atoms with E-state index in [-0.39, 0.29) is 39.3 Å². The number of hydrogen-bond donors (Lipinski definition) is 4. The van der Waals surface area contributed by atoms with Crippen molar-refractivity contribution in [3.63, 3.8) is 0 Å². The SMILES string of the molecule is CC(C)c1cc(C#N)cc(C(C)CC2CCc3c2cc2c(c3CC(=O)N=S(N)(=O)c3ncc(C(C)(C)O)s3)CCC2)c1CC(=O)N=S(N)(=O)c1ncc(C(C)(C)O)s1. The van der Waals surface area contributed by atoms with Crippen LogP contribution in [-0.4, -0.2) is 40.4 Å². The van der Waals surface area contributed by atoms with Crippen molar-refractivity contribution >= 4 is 54.3 Å². The Hall–Kier alpha value is -3.73. The highest BCUT2D eigenvalue weighted by Crippen LogP contribution is 2.46. The number of thiazole rings is 2. The molecule has 2 aliphatic rings. The zero-order valence-corrected chi connectivity index (χ0v) is 37.1. The monoisotopic (exact) mass is 865 g/mol. The van der Waals surface area contributed by atoms with Gasteiger partial charge in [0.25, 0.3) is 11.8 Å². The van der Waals surface area contributed by atoms with Gasteiger partial charge >= 0.3 is 0 Å². The van der Waals surface area contributed by atoms with Crippen LogP contribution in [0.4, 0.5) is 0 Å². The van der Waals surface area contributed by atoms with E-state index in [4.69, 9.17) is 10.3 Å². The lowest BCUT2D eigenvalue weighted by atomic mass is 9.80. The number of nitrogens with two attached hydrogens (primary N) is 2. The molecular formula is C41H51N7O6S4. The highest BCUT2D eigenvalue weighted by atomic mass is 32.2. The molecule has 0 saturated carbocycles. The molecule has 2 heterocycles. The van der Waals surface area contributed by atoms with Crippen LogP contribution in [0.2, 0.25) is 0 Å². The van der Waals surface area contributed by atoms with Crippen molar-refractivity contribution in [2.45, 2.75) is 137 Å². The number of hydrogen-bond acceptors (Lipinski definition) is 11. The van der Waals surface area contributed by atoms with Gasteiger partial charge in [-0.3, -0.25) is 9.59 Å². The van der Waals surface area contributed by atoms with Gasteiger partial charge in [-0.15, -0.1) is 31.4 Å². The molecule has 58 heavy (non-hydrogen) atoms. The minimum absolute atomic E-state index is 0.0108. The number of amides is 2. The van der Waals surface area contributed by atoms with Gasteiger partial charge in [-0.2, -0.15) is 5.26 Å². The van der Waals surface area contributed by atoms with Gasteiger partial charge in [-0.1, -0.05) is 26.8 Å². The molecule has 0 fully saturated rings. The van der Waals surface area contributed by atoms with E-state index in [0.29, 0.717) is 21.7 Å². The lowest BCUT2D eigenvalue weighted by Crippen LogP contribution is -2.17. The summed E-state index contributed by atoms with van der Waals surface area (Å²) in [6.07, 6.45) is 7.54. The molecule has 0 bridgehead atoms. The second-order valence-corrected chi connectivity index (χ2v) is 22.7. The summed E-state index contributed by atoms with van der Waals surface area (Å²) < 4.78 is 34.8. The maximum atomic E-state index is 13.6. The topological polar surface area (TPSA) is 235 Å². The van der Waals surface area contributed by atoms with Crippen molar-refractivity contribution in [3.05, 3.63) is 90.4 Å². The van der Waals surface area contributed by atoms with Crippen molar-refractivity contribution in [1.82, 2.24) is 9.97 Å². The quantitative estimate of drug-likeness (QED) is 0.118. The molecule has 0 radical (unpaired) electrons. The molecular weight excluding hydrogens is 815 g/mol. The zero-order valence-electron chi connectivity index (χ0n) is 33.8. The summed E-state index contributed by atoms with van der Waals surface area (Å²) in [7, 11) is -7.32. The van der Waals surface area contributed by atoms with Gasteiger partial charge < -0.3 is 10.2 Å². The van der Waals surface area contributed by atoms with Gasteiger partial charge in [0.2, 0.25) is 8.68 Å². The van der Waals surface area contributed by atoms with Crippen molar-refractivity contribution in [3.8, 4) is 6.07 Å². The molecule has 6 rings (SSSR count). The van der Waals surface area contributed by atoms with Crippen LogP contribution in [0.5, 0.6) is 0 Å². The Balaban J connectivity index is 1.30. The second-order valence-electron chi connectivity index (χ2n) is 16.7. The number of carbonyl (C=O) groups excluding carboxylic acids is 2. The van der Waals surface area contributed by atoms with Crippen LogP contribution >= 0.6 is 22.7 Å². The predicted octanol–water partition coefficient (Wildman–Crippen LogP) is 6.70. The van der Waals surface area contributed by atoms with E-state index in [2.05, 4.69) is 37.8 Å². The van der Waals surface area contributed by atoms with Crippen LogP contribution in [0, 0.1) is 11.3 Å². The summed E-state index contributed by atoms with van der Waals surface area (Å²) in [5.74, 6) is -1.30. The fourth-order valence-electron chi connectivity index (χ4n) is 8.09. The van der Waals surface area contributed by atoms with E-state index < -0.39 is 42.8 Å². The van der Waals surface area contributed by atoms with Gasteiger partial charge in [-0.05, 0) is 141 Å². The Morgan fingerprint density at radius 1 is 0.862 bits per heavy atom. The minimum Gasteiger partial charge on any atom is -0.385 e. The van der Waals surface area contributed by atoms with Crippen LogP contribution in [0.3, 0.4) is 0 Å². The van der Waals surface area contributed by atoms with Crippen LogP contribution in [-0.2, 0) is 72.7 Å². The number of aliphatic hydroxyl groups is 2. The van der Waals surface area contributed by atoms with E-state index >= 15 is 0 Å². The largest absolute Gasteiger partial charge is 0.385 e. The molecule has 0 saturated heterocycles. The Kier molecular flexibility index (Phi) is 12.4. The smallest absolute Gasteiger partial charge is 0.259 e. The summed E-state index contributed by atoms with van der Waals surface area (Å²) in [6, 6.07) is 8.19. The standard InChI is InChI=1S/C41H51N7O6S4/c1-22(2)29-14-24(19-42)15-30(33(29)18-37(50)48-58(44,54)39-46-21-35(56-39)41(6,7)52)23(3)13-26-11-12-28-31(26)16-25-9-8-10-27(25)32(28)17-36(49)47-57(43,53)38-45-20-34(55-38)40(4,5)51/h14-16,20-23,26,51-52H,8-13,17-18H2,1-7H3,(H2,43,47,49,53)(H2,44,48,50,54). The van der Waals surface area contributed by atoms with Gasteiger partial charge in [0, 0.05) is 12.4 Å². The second kappa shape index (κ2) is 16.4. The lowest BCUT2D eigenvalue weighted by Gasteiger charge is -2.24. The fraction of sp³-hybridized carbons (Fsp3) is 0.488. The third kappa shape index (κ3) is 9.34. The van der Waals surface area contributed by atoms with Crippen LogP contribution in [0.15, 0.2) is 48.0 Å². The van der Waals surface area contributed by atoms with Crippen molar-refractivity contribution < 1.29 is 28.2 Å². The summed E-state index contributed by atoms with van der Waals surface area (Å²) in [4.78, 5) is 36.3. The fourth-order valence-corrected chi connectivity index (χ4v) is 12.4. The van der Waals surface area contributed by atoms with Gasteiger partial charge in [0.15, 0.2) is 19.8 Å². The molecule has 0 spiro atoms. The highest BCUT2D eigenvalue weighted by Gasteiger charge is 2.33. The van der Waals surface area contributed by atoms with Gasteiger partial charge in [0.05, 0.1) is 45.4 Å². The molecule has 6 N–H and O–H groups in total. The molecule has 4 unspecified atom stereocenters. The van der Waals surface area contributed by atoms with E-state index in [1.807, 2.05) is 19.9 Å². The Morgan fingerprint density at radius 2 is 1.40 bits per heavy atom. The summed E-state index contributed by atoms with van der Waals surface area (Å²) in [5.41, 5.74) is 5.99. The number of nitriles is 1. The molecule has 4 aromatic rings. The maximum Gasteiger partial charge on any atom is 0.259 e. The Labute approximate surface area is 349 Å². The Bertz CT molecular complexity index is 2590. The first-order valence-corrected chi connectivity index (χ1v) is 24.0. The van der Waals surface area contributed by atoms with Crippen molar-refractivity contribution in [2.24, 2.45) is 19.0 Å². The van der Waals surface area contributed by atoms with Crippen LogP contribution in [0.1, 0.15) is 145 Å². The summed E-state index contributed by atoms with van der Waals surface area (Å²) in [5, 5.41) is 43.0. The molecule has 2 aromatic heterocycles. The highest BCUT2D eigenvalue weighted by molar-refractivity contribution is 7.94. The molecule has 13 nitrogen and oxygen atoms in total. The molecule has 2 amide bonds. The number of carbonyl (C=O) groups is 2. The average molecular weight is 866 g/mol. The number of aromatic nitrogens is 2. The first-order chi connectivity index (χ1) is 27.0. The van der Waals surface area contributed by atoms with E-state index in [0.717, 1.165) is 88.2 Å².